The maximum absolute atomic E-state index is 11.4. The van der Waals surface area contributed by atoms with Crippen LogP contribution in [-0.4, -0.2) is 39.2 Å². The van der Waals surface area contributed by atoms with Crippen LogP contribution in [0.4, 0.5) is 0 Å². The van der Waals surface area contributed by atoms with Crippen LogP contribution in [0.1, 0.15) is 27.7 Å². The van der Waals surface area contributed by atoms with E-state index in [1.54, 1.807) is 30.5 Å². The molecule has 27 heavy (non-hydrogen) atoms. The first-order chi connectivity index (χ1) is 12.6. The number of nitrogens with one attached hydrogen (secondary N) is 2. The van der Waals surface area contributed by atoms with Gasteiger partial charge in [0.1, 0.15) is 0 Å². The van der Waals surface area contributed by atoms with Gasteiger partial charge in [-0.15, -0.1) is 35.3 Å². The summed E-state index contributed by atoms with van der Waals surface area (Å²) in [6.07, 6.45) is 1.93. The summed E-state index contributed by atoms with van der Waals surface area (Å²) >= 11 is 1.80. The first-order valence-electron chi connectivity index (χ1n) is 8.76. The average Bonchev–Trinajstić information content (AvgIpc) is 3.17. The third kappa shape index (κ3) is 8.30. The van der Waals surface area contributed by atoms with Crippen molar-refractivity contribution >= 4 is 47.2 Å². The van der Waals surface area contributed by atoms with Crippen LogP contribution in [0, 0.1) is 5.92 Å². The Morgan fingerprint density at radius 3 is 2.56 bits per heavy atom. The zero-order chi connectivity index (χ0) is 18.8. The van der Waals surface area contributed by atoms with Gasteiger partial charge in [-0.1, -0.05) is 25.1 Å². The minimum atomic E-state index is -0.309. The molecule has 0 spiro atoms. The number of carbonyl (C=O) groups is 1. The van der Waals surface area contributed by atoms with Crippen LogP contribution in [0.5, 0.6) is 0 Å². The quantitative estimate of drug-likeness (QED) is 0.251. The van der Waals surface area contributed by atoms with E-state index < -0.39 is 0 Å². The Balaban J connectivity index is 0.00000364. The van der Waals surface area contributed by atoms with Crippen molar-refractivity contribution in [1.82, 2.24) is 10.6 Å². The van der Waals surface area contributed by atoms with E-state index in [1.807, 2.05) is 12.1 Å². The predicted octanol–water partition coefficient (Wildman–Crippen LogP) is 3.74. The number of methoxy groups -OCH3 is 1. The van der Waals surface area contributed by atoms with Crippen molar-refractivity contribution < 1.29 is 9.53 Å². The number of thiophene rings is 1. The number of guanidine groups is 1. The van der Waals surface area contributed by atoms with Gasteiger partial charge in [0.05, 0.1) is 12.7 Å². The number of ether oxygens (including phenoxy) is 1. The molecule has 1 aromatic heterocycles. The van der Waals surface area contributed by atoms with Crippen LogP contribution in [-0.2, 0) is 17.6 Å². The Labute approximate surface area is 182 Å². The Morgan fingerprint density at radius 1 is 1.22 bits per heavy atom. The van der Waals surface area contributed by atoms with Crippen LogP contribution in [0.25, 0.3) is 0 Å². The molecule has 0 aliphatic heterocycles. The van der Waals surface area contributed by atoms with Gasteiger partial charge in [-0.3, -0.25) is 4.99 Å². The highest BCUT2D eigenvalue weighted by Crippen LogP contribution is 2.13. The fourth-order valence-electron chi connectivity index (χ4n) is 2.59. The Hall–Kier alpha value is -1.61. The lowest BCUT2D eigenvalue weighted by Gasteiger charge is -2.15. The molecule has 2 rings (SSSR count). The molecule has 0 saturated carbocycles. The van der Waals surface area contributed by atoms with Crippen molar-refractivity contribution in [1.29, 1.82) is 0 Å². The highest BCUT2D eigenvalue weighted by atomic mass is 127. The molecule has 0 aliphatic carbocycles. The number of nitrogens with zero attached hydrogens (tertiary/aromatic N) is 1. The number of aliphatic imine (C=N–C) groups is 1. The lowest BCUT2D eigenvalue weighted by Crippen LogP contribution is -2.40. The molecule has 2 aromatic rings. The fraction of sp³-hybridized carbons (Fsp3) is 0.400. The minimum absolute atomic E-state index is 0. The van der Waals surface area contributed by atoms with Gasteiger partial charge in [0.2, 0.25) is 0 Å². The van der Waals surface area contributed by atoms with Gasteiger partial charge < -0.3 is 15.4 Å². The number of carbonyl (C=O) groups excluding carboxylic acids is 1. The smallest absolute Gasteiger partial charge is 0.337 e. The Bertz CT molecular complexity index is 703. The van der Waals surface area contributed by atoms with Gasteiger partial charge in [0, 0.05) is 25.0 Å². The van der Waals surface area contributed by atoms with E-state index in [0.29, 0.717) is 11.5 Å². The van der Waals surface area contributed by atoms with Gasteiger partial charge >= 0.3 is 5.97 Å². The zero-order valence-corrected chi connectivity index (χ0v) is 19.2. The van der Waals surface area contributed by atoms with E-state index >= 15 is 0 Å². The van der Waals surface area contributed by atoms with Crippen molar-refractivity contribution in [2.75, 3.05) is 27.2 Å². The van der Waals surface area contributed by atoms with Crippen molar-refractivity contribution in [3.05, 3.63) is 57.8 Å². The number of esters is 1. The standard InChI is InChI=1S/C20H27N3O2S.HI/c1-15(13-18-5-4-12-26-18)14-23-20(21-2)22-11-10-16-6-8-17(9-7-16)19(24)25-3;/h4-9,12,15H,10-11,13-14H2,1-3H3,(H2,21,22,23);1H. The van der Waals surface area contributed by atoms with E-state index in [0.717, 1.165) is 37.5 Å². The molecule has 0 saturated heterocycles. The monoisotopic (exact) mass is 501 g/mol. The molecular weight excluding hydrogens is 473 g/mol. The summed E-state index contributed by atoms with van der Waals surface area (Å²) in [5.74, 6) is 1.04. The highest BCUT2D eigenvalue weighted by molar-refractivity contribution is 14.0. The van der Waals surface area contributed by atoms with Crippen molar-refractivity contribution in [3.8, 4) is 0 Å². The van der Waals surface area contributed by atoms with Gasteiger partial charge in [-0.25, -0.2) is 4.79 Å². The summed E-state index contributed by atoms with van der Waals surface area (Å²) in [5, 5.41) is 8.83. The van der Waals surface area contributed by atoms with Crippen LogP contribution < -0.4 is 10.6 Å². The molecule has 148 valence electrons. The van der Waals surface area contributed by atoms with Crippen molar-refractivity contribution in [2.45, 2.75) is 19.8 Å². The number of hydrogen-bond donors (Lipinski definition) is 2. The first-order valence-corrected chi connectivity index (χ1v) is 9.64. The van der Waals surface area contributed by atoms with Crippen LogP contribution >= 0.6 is 35.3 Å². The second kappa shape index (κ2) is 12.7. The summed E-state index contributed by atoms with van der Waals surface area (Å²) in [6.45, 7) is 3.89. The van der Waals surface area contributed by atoms with E-state index in [4.69, 9.17) is 4.74 Å². The number of benzene rings is 1. The van der Waals surface area contributed by atoms with Gasteiger partial charge in [0.25, 0.3) is 0 Å². The van der Waals surface area contributed by atoms with Crippen molar-refractivity contribution in [2.24, 2.45) is 10.9 Å². The molecular formula is C20H28IN3O2S. The predicted molar refractivity (Wildman–Crippen MR) is 123 cm³/mol. The number of halogens is 1. The second-order valence-electron chi connectivity index (χ2n) is 6.21. The molecule has 1 unspecified atom stereocenters. The van der Waals surface area contributed by atoms with E-state index in [9.17, 15) is 4.79 Å². The fourth-order valence-corrected chi connectivity index (χ4v) is 3.46. The second-order valence-corrected chi connectivity index (χ2v) is 7.24. The van der Waals surface area contributed by atoms with E-state index in [1.165, 1.54) is 12.0 Å². The summed E-state index contributed by atoms with van der Waals surface area (Å²) in [4.78, 5) is 17.1. The molecule has 1 atom stereocenters. The maximum Gasteiger partial charge on any atom is 0.337 e. The molecule has 0 amide bonds. The van der Waals surface area contributed by atoms with E-state index in [-0.39, 0.29) is 29.9 Å². The molecule has 0 radical (unpaired) electrons. The Morgan fingerprint density at radius 2 is 1.96 bits per heavy atom. The zero-order valence-electron chi connectivity index (χ0n) is 16.0. The molecule has 0 fully saturated rings. The van der Waals surface area contributed by atoms with E-state index in [2.05, 4.69) is 40.1 Å². The Kier molecular flexibility index (Phi) is 11.0. The molecule has 2 N–H and O–H groups in total. The lowest BCUT2D eigenvalue weighted by atomic mass is 10.1. The SMILES string of the molecule is CN=C(NCCc1ccc(C(=O)OC)cc1)NCC(C)Cc1cccs1.I. The van der Waals surface area contributed by atoms with Crippen LogP contribution in [0.2, 0.25) is 0 Å². The molecule has 5 nitrogen and oxygen atoms in total. The summed E-state index contributed by atoms with van der Waals surface area (Å²) in [6, 6.07) is 11.8. The molecule has 0 aliphatic rings. The average molecular weight is 501 g/mol. The topological polar surface area (TPSA) is 62.7 Å². The van der Waals surface area contributed by atoms with Gasteiger partial charge in [-0.2, -0.15) is 0 Å². The van der Waals surface area contributed by atoms with Crippen LogP contribution in [0.3, 0.4) is 0 Å². The summed E-state index contributed by atoms with van der Waals surface area (Å²) < 4.78 is 4.71. The van der Waals surface area contributed by atoms with Crippen LogP contribution in [0.15, 0.2) is 46.8 Å². The van der Waals surface area contributed by atoms with Gasteiger partial charge in [0.15, 0.2) is 5.96 Å². The highest BCUT2D eigenvalue weighted by Gasteiger charge is 2.07. The first kappa shape index (κ1) is 23.4. The summed E-state index contributed by atoms with van der Waals surface area (Å²) in [5.41, 5.74) is 1.73. The van der Waals surface area contributed by atoms with Gasteiger partial charge in [-0.05, 0) is 47.9 Å². The molecule has 0 bridgehead atoms. The van der Waals surface area contributed by atoms with Crippen molar-refractivity contribution in [3.63, 3.8) is 0 Å². The molecule has 1 aromatic carbocycles. The molecule has 7 heteroatoms. The maximum atomic E-state index is 11.4. The number of hydrogen-bond acceptors (Lipinski definition) is 4. The third-order valence-corrected chi connectivity index (χ3v) is 4.95. The molecule has 1 heterocycles. The normalized spacial score (nSPS) is 12.0. The number of rotatable bonds is 8. The third-order valence-electron chi connectivity index (χ3n) is 4.05. The minimum Gasteiger partial charge on any atom is -0.465 e. The lowest BCUT2D eigenvalue weighted by molar-refractivity contribution is 0.0600. The largest absolute Gasteiger partial charge is 0.465 e. The summed E-state index contributed by atoms with van der Waals surface area (Å²) in [7, 11) is 3.17.